The quantitative estimate of drug-likeness (QED) is 0.0969. The first-order chi connectivity index (χ1) is 28.8. The fourth-order valence-corrected chi connectivity index (χ4v) is 8.56. The molecule has 2 aromatic carbocycles. The van der Waals surface area contributed by atoms with Gasteiger partial charge >= 0.3 is 0 Å². The van der Waals surface area contributed by atoms with Gasteiger partial charge in [0.05, 0.1) is 50.2 Å². The Labute approximate surface area is 344 Å². The van der Waals surface area contributed by atoms with Gasteiger partial charge in [0.25, 0.3) is 23.3 Å². The summed E-state index contributed by atoms with van der Waals surface area (Å²) in [6.07, 6.45) is 7.20. The molecule has 0 atom stereocenters. The number of pyridine rings is 1. The normalized spacial score (nSPS) is 18.2. The molecule has 1 saturated carbocycles. The number of aryl methyl sites for hydroxylation is 3. The van der Waals surface area contributed by atoms with Crippen LogP contribution in [0.4, 0.5) is 5.69 Å². The maximum Gasteiger partial charge on any atom is 0.274 e. The molecule has 1 aliphatic carbocycles. The number of rotatable bonds is 16. The van der Waals surface area contributed by atoms with Crippen LogP contribution in [0.3, 0.4) is 0 Å². The molecule has 0 spiro atoms. The summed E-state index contributed by atoms with van der Waals surface area (Å²) in [7, 11) is 8.61. The lowest BCUT2D eigenvalue weighted by molar-refractivity contribution is -0.158. The number of anilines is 1. The molecule has 6 heterocycles. The van der Waals surface area contributed by atoms with E-state index < -0.39 is 23.3 Å². The highest BCUT2D eigenvalue weighted by Gasteiger charge is 2.65. The number of piperidine rings is 2. The second-order valence-electron chi connectivity index (χ2n) is 15.7. The van der Waals surface area contributed by atoms with Crippen LogP contribution < -0.4 is 31.0 Å². The summed E-state index contributed by atoms with van der Waals surface area (Å²) >= 11 is 0. The number of methoxy groups -OCH3 is 2. The average Bonchev–Trinajstić information content (AvgIpc) is 3.90. The van der Waals surface area contributed by atoms with Gasteiger partial charge in [0.1, 0.15) is 28.2 Å². The number of carbonyl (C=O) groups excluding carboxylic acids is 5. The Kier molecular flexibility index (Phi) is 10.5. The second-order valence-corrected chi connectivity index (χ2v) is 15.7. The molecule has 3 aromatic heterocycles. The van der Waals surface area contributed by atoms with Crippen LogP contribution in [0.5, 0.6) is 11.5 Å². The molecule has 5 aromatic rings. The molecule has 9 rings (SSSR count). The first-order valence-corrected chi connectivity index (χ1v) is 19.7. The Balaban J connectivity index is 0.803. The fourth-order valence-electron chi connectivity index (χ4n) is 8.56. The van der Waals surface area contributed by atoms with Crippen LogP contribution in [0.25, 0.3) is 22.0 Å². The lowest BCUT2D eigenvalue weighted by Gasteiger charge is -2.52. The van der Waals surface area contributed by atoms with Gasteiger partial charge < -0.3 is 29.2 Å². The van der Waals surface area contributed by atoms with Crippen molar-refractivity contribution in [2.45, 2.75) is 50.9 Å². The highest BCUT2D eigenvalue weighted by Crippen LogP contribution is 2.49. The average molecular weight is 819 g/mol. The minimum Gasteiger partial charge on any atom is -0.496 e. The number of fused-ring (bicyclic) bond motifs is 4. The van der Waals surface area contributed by atoms with Crippen molar-refractivity contribution in [2.75, 3.05) is 39.7 Å². The summed E-state index contributed by atoms with van der Waals surface area (Å²) < 4.78 is 16.7. The smallest absolute Gasteiger partial charge is 0.274 e. The van der Waals surface area contributed by atoms with Crippen molar-refractivity contribution >= 4 is 46.1 Å². The van der Waals surface area contributed by atoms with Crippen LogP contribution in [-0.2, 0) is 48.1 Å². The van der Waals surface area contributed by atoms with Gasteiger partial charge in [0, 0.05) is 68.7 Å². The minimum atomic E-state index is -1.34. The Morgan fingerprint density at radius 3 is 2.43 bits per heavy atom. The second kappa shape index (κ2) is 15.7. The summed E-state index contributed by atoms with van der Waals surface area (Å²) in [6, 6.07) is 10.7. The van der Waals surface area contributed by atoms with Gasteiger partial charge in [-0.05, 0) is 68.6 Å². The third kappa shape index (κ3) is 6.95. The van der Waals surface area contributed by atoms with Crippen molar-refractivity contribution in [2.24, 2.45) is 20.0 Å². The van der Waals surface area contributed by atoms with Gasteiger partial charge in [0.2, 0.25) is 11.8 Å². The third-order valence-corrected chi connectivity index (χ3v) is 11.7. The number of benzene rings is 2. The molecule has 5 amide bonds. The number of carbonyl (C=O) groups is 5. The number of nitrogens with zero attached hydrogens (tertiary/aromatic N) is 7. The van der Waals surface area contributed by atoms with Gasteiger partial charge in [-0.2, -0.15) is 0 Å². The summed E-state index contributed by atoms with van der Waals surface area (Å²) in [6.45, 7) is 1.83. The molecule has 18 nitrogen and oxygen atoms in total. The lowest BCUT2D eigenvalue weighted by Crippen LogP contribution is -2.74. The molecule has 4 aliphatic rings. The van der Waals surface area contributed by atoms with Gasteiger partial charge in [-0.15, -0.1) is 5.10 Å². The Morgan fingerprint density at radius 1 is 0.967 bits per heavy atom. The SMILES string of the molecule is COc1cc(-c2cn(C)c(=O)c3c2ccn3C)cc(OC)c1CN(C)CC(=O)NCCCCn1cc(CNc2cccc3c2C(=O)N(C24CC(C2)C(=O)NC4=O)C3=O)nn1. The number of hydrogen-bond donors (Lipinski definition) is 3. The number of unbranched alkanes of at least 4 members (excludes halogenated alkanes) is 1. The van der Waals surface area contributed by atoms with E-state index in [0.29, 0.717) is 54.5 Å². The maximum atomic E-state index is 13.6. The summed E-state index contributed by atoms with van der Waals surface area (Å²) in [5.41, 5.74) is 3.12. The molecule has 3 N–H and O–H groups in total. The first kappa shape index (κ1) is 40.0. The van der Waals surface area contributed by atoms with Gasteiger partial charge in [-0.3, -0.25) is 48.6 Å². The minimum absolute atomic E-state index is 0.0831. The number of likely N-dealkylation sites (N-methyl/N-ethyl adjacent to an activating group) is 1. The maximum absolute atomic E-state index is 13.6. The molecular formula is C42H46N10O8. The van der Waals surface area contributed by atoms with Crippen LogP contribution in [-0.4, -0.2) is 103 Å². The van der Waals surface area contributed by atoms with Crippen molar-refractivity contribution in [3.05, 3.63) is 87.7 Å². The third-order valence-electron chi connectivity index (χ3n) is 11.7. The van der Waals surface area contributed by atoms with Crippen LogP contribution in [0.15, 0.2) is 59.8 Å². The standard InChI is InChI=1S/C42H46N10O8/c1-48(21-30-32(59-4)15-24(16-33(30)60-5)29-22-50(3)40(57)36-27(29)11-14-49(36)2)23-34(53)43-12-6-7-13-51-20-26(46-47-51)19-44-31-10-8-9-28-35(31)39(56)52(38(28)55)42-17-25(18-42)37(54)45-41(42)58/h8-11,14-16,20,22,25,44H,6-7,12-13,17-19,21,23H2,1-5H3,(H,43,53)(H,45,54,58). The van der Waals surface area contributed by atoms with Gasteiger partial charge in [0.15, 0.2) is 0 Å². The van der Waals surface area contributed by atoms with Crippen LogP contribution in [0, 0.1) is 5.92 Å². The summed E-state index contributed by atoms with van der Waals surface area (Å²) in [5, 5.41) is 17.8. The highest BCUT2D eigenvalue weighted by molar-refractivity contribution is 6.27. The molecular weight excluding hydrogens is 773 g/mol. The summed E-state index contributed by atoms with van der Waals surface area (Å²) in [5.74, 6) is -1.40. The molecule has 3 aliphatic heterocycles. The van der Waals surface area contributed by atoms with E-state index in [2.05, 4.69) is 26.3 Å². The molecule has 312 valence electrons. The molecule has 0 unspecified atom stereocenters. The summed E-state index contributed by atoms with van der Waals surface area (Å²) in [4.78, 5) is 80.4. The Hall–Kier alpha value is -6.82. The number of imide groups is 2. The fraction of sp³-hybridized carbons (Fsp3) is 0.381. The molecule has 2 saturated heterocycles. The number of nitrogens with one attached hydrogen (secondary N) is 3. The van der Waals surface area contributed by atoms with E-state index >= 15 is 0 Å². The largest absolute Gasteiger partial charge is 0.496 e. The molecule has 60 heavy (non-hydrogen) atoms. The van der Waals surface area contributed by atoms with E-state index in [-0.39, 0.29) is 60.3 Å². The van der Waals surface area contributed by atoms with E-state index in [1.165, 1.54) is 0 Å². The van der Waals surface area contributed by atoms with Crippen molar-refractivity contribution < 1.29 is 33.4 Å². The molecule has 2 bridgehead atoms. The van der Waals surface area contributed by atoms with Gasteiger partial charge in [-0.1, -0.05) is 11.3 Å². The van der Waals surface area contributed by atoms with Crippen LogP contribution >= 0.6 is 0 Å². The molecule has 18 heteroatoms. The van der Waals surface area contributed by atoms with Crippen molar-refractivity contribution in [1.29, 1.82) is 0 Å². The number of ether oxygens (including phenoxy) is 2. The molecule has 3 fully saturated rings. The molecule has 0 radical (unpaired) electrons. The Bertz CT molecular complexity index is 2610. The zero-order valence-electron chi connectivity index (χ0n) is 34.0. The van der Waals surface area contributed by atoms with Gasteiger partial charge in [-0.25, -0.2) is 0 Å². The van der Waals surface area contributed by atoms with Crippen molar-refractivity contribution in [3.8, 4) is 22.6 Å². The predicted octanol–water partition coefficient (Wildman–Crippen LogP) is 2.19. The van der Waals surface area contributed by atoms with E-state index in [0.717, 1.165) is 33.4 Å². The van der Waals surface area contributed by atoms with Crippen LogP contribution in [0.2, 0.25) is 0 Å². The van der Waals surface area contributed by atoms with E-state index in [9.17, 15) is 28.8 Å². The van der Waals surface area contributed by atoms with E-state index in [1.54, 1.807) is 54.9 Å². The monoisotopic (exact) mass is 818 g/mol. The van der Waals surface area contributed by atoms with E-state index in [4.69, 9.17) is 9.47 Å². The highest BCUT2D eigenvalue weighted by atomic mass is 16.5. The zero-order chi connectivity index (χ0) is 42.5. The topological polar surface area (TPSA) is 204 Å². The van der Waals surface area contributed by atoms with E-state index in [1.807, 2.05) is 54.2 Å². The number of amides is 5. The predicted molar refractivity (Wildman–Crippen MR) is 218 cm³/mol. The number of hydrogen-bond acceptors (Lipinski definition) is 12. The van der Waals surface area contributed by atoms with Crippen molar-refractivity contribution in [1.82, 2.24) is 44.6 Å². The number of aromatic nitrogens is 5. The first-order valence-electron chi connectivity index (χ1n) is 19.7. The Morgan fingerprint density at radius 2 is 1.72 bits per heavy atom. The van der Waals surface area contributed by atoms with Crippen molar-refractivity contribution in [3.63, 3.8) is 0 Å². The van der Waals surface area contributed by atoms with Crippen LogP contribution in [0.1, 0.15) is 57.7 Å². The zero-order valence-corrected chi connectivity index (χ0v) is 34.0. The lowest BCUT2D eigenvalue weighted by atomic mass is 9.63.